The lowest BCUT2D eigenvalue weighted by molar-refractivity contribution is 0.112. The molecule has 0 saturated heterocycles. The molecular weight excluding hydrogens is 312 g/mol. The summed E-state index contributed by atoms with van der Waals surface area (Å²) in [6, 6.07) is 3.27. The topological polar surface area (TPSA) is 72.3 Å². The molecule has 23 heavy (non-hydrogen) atoms. The van der Waals surface area contributed by atoms with Crippen molar-refractivity contribution in [2.75, 3.05) is 6.61 Å². The Kier molecular flexibility index (Phi) is 8.26. The Morgan fingerprint density at radius 2 is 1.96 bits per heavy atom. The predicted octanol–water partition coefficient (Wildman–Crippen LogP) is 3.96. The molecule has 0 amide bonds. The van der Waals surface area contributed by atoms with E-state index >= 15 is 0 Å². The molecule has 0 saturated carbocycles. The van der Waals surface area contributed by atoms with Gasteiger partial charge in [-0.25, -0.2) is 0 Å². The van der Waals surface area contributed by atoms with Gasteiger partial charge in [0, 0.05) is 12.0 Å². The van der Waals surface area contributed by atoms with Crippen LogP contribution in [0.1, 0.15) is 53.1 Å². The summed E-state index contributed by atoms with van der Waals surface area (Å²) in [5.41, 5.74) is 0.865. The minimum Gasteiger partial charge on any atom is -0.507 e. The molecule has 1 N–H and O–H groups in total. The zero-order valence-electron chi connectivity index (χ0n) is 14.1. The van der Waals surface area contributed by atoms with Gasteiger partial charge < -0.3 is 9.84 Å². The fraction of sp³-hybridized carbons (Fsp3) is 0.471. The van der Waals surface area contributed by atoms with Gasteiger partial charge in [-0.05, 0) is 31.9 Å². The first kappa shape index (κ1) is 19.1. The smallest absolute Gasteiger partial charge is 0.153 e. The quantitative estimate of drug-likeness (QED) is 0.612. The number of aryl methyl sites for hydroxylation is 2. The largest absolute Gasteiger partial charge is 0.507 e. The standard InChI is InChI=1S/C15H18N2O3S.C2H6/c1-3-13-16-17-14(21-13)5-4-8-20-12-7-6-11(9-18)15(19)10(12)2;1-2/h6-7,9,19H,3-5,8H2,1-2H3;1-2H3. The minimum absolute atomic E-state index is 0.0146. The van der Waals surface area contributed by atoms with Crippen LogP contribution in [0.25, 0.3) is 0 Å². The van der Waals surface area contributed by atoms with Crippen LogP contribution in [-0.2, 0) is 12.8 Å². The van der Waals surface area contributed by atoms with Crippen LogP contribution in [0.5, 0.6) is 11.5 Å². The van der Waals surface area contributed by atoms with E-state index in [9.17, 15) is 9.90 Å². The van der Waals surface area contributed by atoms with E-state index in [1.54, 1.807) is 30.4 Å². The molecule has 2 rings (SSSR count). The Bertz CT molecular complexity index is 626. The van der Waals surface area contributed by atoms with Crippen molar-refractivity contribution in [3.05, 3.63) is 33.3 Å². The van der Waals surface area contributed by atoms with Gasteiger partial charge in [-0.2, -0.15) is 0 Å². The molecule has 0 atom stereocenters. The SMILES string of the molecule is CC.CCc1nnc(CCCOc2ccc(C=O)c(O)c2C)s1. The summed E-state index contributed by atoms with van der Waals surface area (Å²) >= 11 is 1.63. The van der Waals surface area contributed by atoms with Gasteiger partial charge in [0.05, 0.1) is 12.2 Å². The van der Waals surface area contributed by atoms with Gasteiger partial charge in [-0.1, -0.05) is 20.8 Å². The molecule has 0 aliphatic rings. The third-order valence-electron chi connectivity index (χ3n) is 3.14. The lowest BCUT2D eigenvalue weighted by atomic mass is 10.1. The molecule has 126 valence electrons. The van der Waals surface area contributed by atoms with Crippen molar-refractivity contribution in [2.24, 2.45) is 0 Å². The highest BCUT2D eigenvalue weighted by Gasteiger charge is 2.09. The van der Waals surface area contributed by atoms with Crippen LogP contribution in [0.2, 0.25) is 0 Å². The third-order valence-corrected chi connectivity index (χ3v) is 4.27. The molecule has 0 unspecified atom stereocenters. The van der Waals surface area contributed by atoms with Crippen molar-refractivity contribution < 1.29 is 14.6 Å². The van der Waals surface area contributed by atoms with E-state index in [-0.39, 0.29) is 11.3 Å². The van der Waals surface area contributed by atoms with E-state index in [0.29, 0.717) is 24.2 Å². The average molecular weight is 336 g/mol. The van der Waals surface area contributed by atoms with E-state index in [0.717, 1.165) is 29.3 Å². The number of carbonyl (C=O) groups is 1. The van der Waals surface area contributed by atoms with E-state index in [4.69, 9.17) is 4.74 Å². The van der Waals surface area contributed by atoms with Crippen LogP contribution < -0.4 is 4.74 Å². The highest BCUT2D eigenvalue weighted by atomic mass is 32.1. The number of aromatic nitrogens is 2. The van der Waals surface area contributed by atoms with Crippen LogP contribution in [0.4, 0.5) is 0 Å². The van der Waals surface area contributed by atoms with E-state index < -0.39 is 0 Å². The van der Waals surface area contributed by atoms with Crippen LogP contribution >= 0.6 is 11.3 Å². The number of phenolic OH excluding ortho intramolecular Hbond substituents is 1. The highest BCUT2D eigenvalue weighted by Crippen LogP contribution is 2.29. The van der Waals surface area contributed by atoms with Gasteiger partial charge in [0.1, 0.15) is 21.5 Å². The number of aromatic hydroxyl groups is 1. The normalized spacial score (nSPS) is 9.91. The number of rotatable bonds is 7. The molecule has 0 aliphatic heterocycles. The van der Waals surface area contributed by atoms with Crippen molar-refractivity contribution in [1.82, 2.24) is 10.2 Å². The van der Waals surface area contributed by atoms with Gasteiger partial charge in [0.15, 0.2) is 6.29 Å². The number of phenols is 1. The van der Waals surface area contributed by atoms with E-state index in [2.05, 4.69) is 17.1 Å². The summed E-state index contributed by atoms with van der Waals surface area (Å²) in [5.74, 6) is 0.587. The summed E-state index contributed by atoms with van der Waals surface area (Å²) in [6.07, 6.45) is 3.20. The molecule has 1 aromatic heterocycles. The summed E-state index contributed by atoms with van der Waals surface area (Å²) in [4.78, 5) is 10.7. The van der Waals surface area contributed by atoms with Crippen LogP contribution in [-0.4, -0.2) is 28.2 Å². The van der Waals surface area contributed by atoms with E-state index in [1.165, 1.54) is 0 Å². The number of aldehydes is 1. The molecule has 2 aromatic rings. The van der Waals surface area contributed by atoms with Crippen molar-refractivity contribution in [2.45, 2.75) is 47.0 Å². The van der Waals surface area contributed by atoms with Gasteiger partial charge >= 0.3 is 0 Å². The lowest BCUT2D eigenvalue weighted by Gasteiger charge is -2.10. The fourth-order valence-electron chi connectivity index (χ4n) is 1.89. The number of ether oxygens (including phenoxy) is 1. The van der Waals surface area contributed by atoms with Crippen molar-refractivity contribution >= 4 is 17.6 Å². The number of hydrogen-bond acceptors (Lipinski definition) is 6. The van der Waals surface area contributed by atoms with Gasteiger partial charge in [-0.15, -0.1) is 21.5 Å². The Morgan fingerprint density at radius 1 is 1.26 bits per heavy atom. The molecule has 0 aliphatic carbocycles. The Morgan fingerprint density at radius 3 is 2.57 bits per heavy atom. The maximum absolute atomic E-state index is 10.7. The van der Waals surface area contributed by atoms with Gasteiger partial charge in [0.2, 0.25) is 0 Å². The molecule has 0 spiro atoms. The number of nitrogens with zero attached hydrogens (tertiary/aromatic N) is 2. The number of benzene rings is 1. The van der Waals surface area contributed by atoms with Crippen LogP contribution in [0, 0.1) is 6.92 Å². The van der Waals surface area contributed by atoms with Crippen molar-refractivity contribution in [1.29, 1.82) is 0 Å². The summed E-state index contributed by atoms with van der Waals surface area (Å²) < 4.78 is 5.65. The lowest BCUT2D eigenvalue weighted by Crippen LogP contribution is -2.01. The first-order valence-electron chi connectivity index (χ1n) is 7.87. The van der Waals surface area contributed by atoms with E-state index in [1.807, 2.05) is 13.8 Å². The maximum atomic E-state index is 10.7. The van der Waals surface area contributed by atoms with Gasteiger partial charge in [-0.3, -0.25) is 4.79 Å². The Labute approximate surface area is 141 Å². The van der Waals surface area contributed by atoms with Crippen molar-refractivity contribution in [3.63, 3.8) is 0 Å². The second kappa shape index (κ2) is 9.94. The maximum Gasteiger partial charge on any atom is 0.153 e. The summed E-state index contributed by atoms with van der Waals surface area (Å²) in [6.45, 7) is 8.32. The Hall–Kier alpha value is -1.95. The summed E-state index contributed by atoms with van der Waals surface area (Å²) in [7, 11) is 0. The molecule has 0 radical (unpaired) electrons. The van der Waals surface area contributed by atoms with Crippen molar-refractivity contribution in [3.8, 4) is 11.5 Å². The minimum atomic E-state index is -0.0146. The van der Waals surface area contributed by atoms with Gasteiger partial charge in [0.25, 0.3) is 0 Å². The summed E-state index contributed by atoms with van der Waals surface area (Å²) in [5, 5.41) is 20.1. The zero-order valence-corrected chi connectivity index (χ0v) is 14.9. The molecule has 0 bridgehead atoms. The number of carbonyl (C=O) groups excluding carboxylic acids is 1. The molecule has 1 heterocycles. The first-order valence-corrected chi connectivity index (χ1v) is 8.69. The highest BCUT2D eigenvalue weighted by molar-refractivity contribution is 7.11. The molecule has 6 heteroatoms. The molecule has 1 aromatic carbocycles. The fourth-order valence-corrected chi connectivity index (χ4v) is 2.72. The second-order valence-electron chi connectivity index (χ2n) is 4.64. The second-order valence-corrected chi connectivity index (χ2v) is 5.79. The predicted molar refractivity (Wildman–Crippen MR) is 92.7 cm³/mol. The van der Waals surface area contributed by atoms with Crippen LogP contribution in [0.3, 0.4) is 0 Å². The number of hydrogen-bond donors (Lipinski definition) is 1. The Balaban J connectivity index is 0.00000127. The average Bonchev–Trinajstić information content (AvgIpc) is 3.05. The zero-order chi connectivity index (χ0) is 17.2. The molecule has 5 nitrogen and oxygen atoms in total. The third kappa shape index (κ3) is 5.32. The monoisotopic (exact) mass is 336 g/mol. The first-order chi connectivity index (χ1) is 11.2. The molecule has 0 fully saturated rings. The van der Waals surface area contributed by atoms with Crippen LogP contribution in [0.15, 0.2) is 12.1 Å². The molecular formula is C17H24N2O3S.